The third-order valence-corrected chi connectivity index (χ3v) is 3.00. The van der Waals surface area contributed by atoms with Gasteiger partial charge in [0.15, 0.2) is 0 Å². The number of carbonyl (C=O) groups excluding carboxylic acids is 2. The molecule has 0 bridgehead atoms. The quantitative estimate of drug-likeness (QED) is 0.880. The van der Waals surface area contributed by atoms with Crippen LogP contribution in [0.5, 0.6) is 5.75 Å². The molecule has 0 aliphatic carbocycles. The first-order valence-electron chi connectivity index (χ1n) is 6.40. The molecule has 1 N–H and O–H groups in total. The van der Waals surface area contributed by atoms with Crippen LogP contribution in [-0.4, -0.2) is 26.0 Å². The summed E-state index contributed by atoms with van der Waals surface area (Å²) < 4.78 is 5.13. The lowest BCUT2D eigenvalue weighted by atomic mass is 10.2. The number of anilines is 2. The molecule has 0 spiro atoms. The van der Waals surface area contributed by atoms with Crippen molar-refractivity contribution in [3.63, 3.8) is 0 Å². The molecule has 5 heteroatoms. The Morgan fingerprint density at radius 2 is 1.62 bits per heavy atom. The lowest BCUT2D eigenvalue weighted by Gasteiger charge is -2.17. The molecular formula is C16H16N2O3. The molecule has 2 amide bonds. The van der Waals surface area contributed by atoms with Crippen LogP contribution >= 0.6 is 0 Å². The van der Waals surface area contributed by atoms with E-state index in [9.17, 15) is 9.59 Å². The minimum absolute atomic E-state index is 0.458. The molecule has 5 nitrogen and oxygen atoms in total. The SMILES string of the molecule is COc1ccccc1NC(=O)C(=O)N(C)c1ccccc1. The standard InChI is InChI=1S/C16H16N2O3/c1-18(12-8-4-3-5-9-12)16(20)15(19)17-13-10-6-7-11-14(13)21-2/h3-11H,1-2H3,(H,17,19). The van der Waals surface area contributed by atoms with Gasteiger partial charge >= 0.3 is 11.8 Å². The molecule has 0 aliphatic rings. The fourth-order valence-corrected chi connectivity index (χ4v) is 1.84. The van der Waals surface area contributed by atoms with Gasteiger partial charge in [0.25, 0.3) is 0 Å². The zero-order chi connectivity index (χ0) is 15.2. The molecule has 0 heterocycles. The Kier molecular flexibility index (Phi) is 4.56. The number of ether oxygens (including phenoxy) is 1. The van der Waals surface area contributed by atoms with Crippen molar-refractivity contribution < 1.29 is 14.3 Å². The van der Waals surface area contributed by atoms with Gasteiger partial charge in [-0.25, -0.2) is 0 Å². The van der Waals surface area contributed by atoms with Crippen LogP contribution < -0.4 is 15.0 Å². The maximum atomic E-state index is 12.1. The summed E-state index contributed by atoms with van der Waals surface area (Å²) in [6.07, 6.45) is 0. The van der Waals surface area contributed by atoms with E-state index >= 15 is 0 Å². The average molecular weight is 284 g/mol. The number of nitrogens with zero attached hydrogens (tertiary/aromatic N) is 1. The van der Waals surface area contributed by atoms with E-state index in [1.807, 2.05) is 6.07 Å². The van der Waals surface area contributed by atoms with Crippen molar-refractivity contribution in [2.45, 2.75) is 0 Å². The average Bonchev–Trinajstić information content (AvgIpc) is 2.54. The summed E-state index contributed by atoms with van der Waals surface area (Å²) in [5.74, 6) is -0.862. The Labute approximate surface area is 123 Å². The van der Waals surface area contributed by atoms with E-state index in [1.165, 1.54) is 12.0 Å². The molecule has 0 atom stereocenters. The van der Waals surface area contributed by atoms with Crippen LogP contribution in [0.25, 0.3) is 0 Å². The molecule has 0 fully saturated rings. The number of carbonyl (C=O) groups is 2. The first-order chi connectivity index (χ1) is 10.1. The van der Waals surface area contributed by atoms with Gasteiger partial charge < -0.3 is 15.0 Å². The zero-order valence-corrected chi connectivity index (χ0v) is 11.9. The molecule has 21 heavy (non-hydrogen) atoms. The Bertz CT molecular complexity index is 641. The predicted molar refractivity (Wildman–Crippen MR) is 81.5 cm³/mol. The summed E-state index contributed by atoms with van der Waals surface area (Å²) in [6.45, 7) is 0. The first kappa shape index (κ1) is 14.6. The van der Waals surface area contributed by atoms with Gasteiger partial charge in [-0.05, 0) is 24.3 Å². The van der Waals surface area contributed by atoms with Gasteiger partial charge in [0, 0.05) is 12.7 Å². The second-order valence-corrected chi connectivity index (χ2v) is 4.35. The van der Waals surface area contributed by atoms with Crippen LogP contribution in [0.2, 0.25) is 0 Å². The maximum Gasteiger partial charge on any atom is 0.316 e. The number of benzene rings is 2. The predicted octanol–water partition coefficient (Wildman–Crippen LogP) is 2.30. The van der Waals surface area contributed by atoms with Crippen molar-refractivity contribution in [2.75, 3.05) is 24.4 Å². The molecule has 0 aliphatic heterocycles. The van der Waals surface area contributed by atoms with Gasteiger partial charge in [0.2, 0.25) is 0 Å². The summed E-state index contributed by atoms with van der Waals surface area (Å²) in [4.78, 5) is 25.5. The molecule has 0 radical (unpaired) electrons. The number of amides is 2. The van der Waals surface area contributed by atoms with Crippen molar-refractivity contribution >= 4 is 23.2 Å². The molecule has 0 saturated carbocycles. The largest absolute Gasteiger partial charge is 0.495 e. The van der Waals surface area contributed by atoms with Crippen LogP contribution in [0.1, 0.15) is 0 Å². The Morgan fingerprint density at radius 3 is 2.29 bits per heavy atom. The van der Waals surface area contributed by atoms with E-state index < -0.39 is 11.8 Å². The first-order valence-corrected chi connectivity index (χ1v) is 6.40. The van der Waals surface area contributed by atoms with E-state index in [0.717, 1.165) is 0 Å². The summed E-state index contributed by atoms with van der Waals surface area (Å²) in [6, 6.07) is 15.9. The minimum Gasteiger partial charge on any atom is -0.495 e. The molecule has 2 rings (SSSR count). The van der Waals surface area contributed by atoms with Gasteiger partial charge in [-0.15, -0.1) is 0 Å². The second-order valence-electron chi connectivity index (χ2n) is 4.35. The van der Waals surface area contributed by atoms with Crippen LogP contribution in [0.15, 0.2) is 54.6 Å². The normalized spacial score (nSPS) is 9.81. The monoisotopic (exact) mass is 284 g/mol. The van der Waals surface area contributed by atoms with Gasteiger partial charge in [-0.1, -0.05) is 30.3 Å². The van der Waals surface area contributed by atoms with Crippen molar-refractivity contribution in [1.29, 1.82) is 0 Å². The highest BCUT2D eigenvalue weighted by atomic mass is 16.5. The highest BCUT2D eigenvalue weighted by molar-refractivity contribution is 6.44. The van der Waals surface area contributed by atoms with Gasteiger partial charge in [0.1, 0.15) is 5.75 Å². The van der Waals surface area contributed by atoms with Crippen molar-refractivity contribution in [2.24, 2.45) is 0 Å². The number of nitrogens with one attached hydrogen (secondary N) is 1. The van der Waals surface area contributed by atoms with Crippen molar-refractivity contribution in [3.8, 4) is 5.75 Å². The topological polar surface area (TPSA) is 58.6 Å². The number of likely N-dealkylation sites (N-methyl/N-ethyl adjacent to an activating group) is 1. The van der Waals surface area contributed by atoms with Crippen LogP contribution in [-0.2, 0) is 9.59 Å². The van der Waals surface area contributed by atoms with Crippen LogP contribution in [0.4, 0.5) is 11.4 Å². The summed E-state index contributed by atoms with van der Waals surface area (Å²) in [5.41, 5.74) is 1.11. The lowest BCUT2D eigenvalue weighted by Crippen LogP contribution is -2.37. The number of hydrogen-bond acceptors (Lipinski definition) is 3. The number of methoxy groups -OCH3 is 1. The summed E-state index contributed by atoms with van der Waals surface area (Å²) in [5, 5.41) is 2.56. The second kappa shape index (κ2) is 6.56. The van der Waals surface area contributed by atoms with E-state index in [2.05, 4.69) is 5.32 Å². The zero-order valence-electron chi connectivity index (χ0n) is 11.9. The van der Waals surface area contributed by atoms with Crippen LogP contribution in [0, 0.1) is 0 Å². The highest BCUT2D eigenvalue weighted by Gasteiger charge is 2.20. The third kappa shape index (κ3) is 3.39. The molecular weight excluding hydrogens is 268 g/mol. The van der Waals surface area contributed by atoms with Crippen molar-refractivity contribution in [1.82, 2.24) is 0 Å². The lowest BCUT2D eigenvalue weighted by molar-refractivity contribution is -0.134. The van der Waals surface area contributed by atoms with Gasteiger partial charge in [-0.2, -0.15) is 0 Å². The Hall–Kier alpha value is -2.82. The fraction of sp³-hybridized carbons (Fsp3) is 0.125. The molecule has 0 saturated heterocycles. The van der Waals surface area contributed by atoms with E-state index in [0.29, 0.717) is 17.1 Å². The number of hydrogen-bond donors (Lipinski definition) is 1. The van der Waals surface area contributed by atoms with E-state index in [1.54, 1.807) is 55.6 Å². The molecule has 0 aromatic heterocycles. The van der Waals surface area contributed by atoms with E-state index in [-0.39, 0.29) is 0 Å². The summed E-state index contributed by atoms with van der Waals surface area (Å²) >= 11 is 0. The van der Waals surface area contributed by atoms with E-state index in [4.69, 9.17) is 4.74 Å². The molecule has 2 aromatic rings. The van der Waals surface area contributed by atoms with Gasteiger partial charge in [-0.3, -0.25) is 9.59 Å². The Balaban J connectivity index is 2.11. The molecule has 0 unspecified atom stereocenters. The Morgan fingerprint density at radius 1 is 1.00 bits per heavy atom. The number of para-hydroxylation sites is 3. The summed E-state index contributed by atoms with van der Waals surface area (Å²) in [7, 11) is 3.06. The van der Waals surface area contributed by atoms with Crippen LogP contribution in [0.3, 0.4) is 0 Å². The maximum absolute atomic E-state index is 12.1. The van der Waals surface area contributed by atoms with Gasteiger partial charge in [0.05, 0.1) is 12.8 Å². The minimum atomic E-state index is -0.717. The third-order valence-electron chi connectivity index (χ3n) is 3.00. The highest BCUT2D eigenvalue weighted by Crippen LogP contribution is 2.23. The molecule has 2 aromatic carbocycles. The molecule has 108 valence electrons. The number of rotatable bonds is 3. The smallest absolute Gasteiger partial charge is 0.316 e. The fourth-order valence-electron chi connectivity index (χ4n) is 1.84. The van der Waals surface area contributed by atoms with Crippen molar-refractivity contribution in [3.05, 3.63) is 54.6 Å².